The summed E-state index contributed by atoms with van der Waals surface area (Å²) in [4.78, 5) is 40.8. The minimum atomic E-state index is -0.911. The number of hydrogen-bond donors (Lipinski definition) is 2. The van der Waals surface area contributed by atoms with E-state index in [2.05, 4.69) is 4.98 Å². The Bertz CT molecular complexity index is 662. The van der Waals surface area contributed by atoms with Crippen LogP contribution in [-0.2, 0) is 11.2 Å². The lowest BCUT2D eigenvalue weighted by Gasteiger charge is -2.37. The number of aryl methyl sites for hydroxylation is 1. The summed E-state index contributed by atoms with van der Waals surface area (Å²) in [5.41, 5.74) is 1.50. The average molecular weight is 320 g/mol. The Kier molecular flexibility index (Phi) is 4.63. The smallest absolute Gasteiger partial charge is 0.311 e. The third-order valence-electron chi connectivity index (χ3n) is 4.71. The van der Waals surface area contributed by atoms with E-state index in [4.69, 9.17) is 0 Å². The zero-order valence-corrected chi connectivity index (χ0v) is 14.2. The van der Waals surface area contributed by atoms with Crippen molar-refractivity contribution in [2.24, 2.45) is 5.41 Å². The molecule has 0 aliphatic carbocycles. The summed E-state index contributed by atoms with van der Waals surface area (Å²) in [6, 6.07) is 0. The predicted molar refractivity (Wildman–Crippen MR) is 85.8 cm³/mol. The van der Waals surface area contributed by atoms with E-state index in [-0.39, 0.29) is 18.2 Å². The van der Waals surface area contributed by atoms with Gasteiger partial charge in [0.1, 0.15) is 5.69 Å². The number of carbonyl (C=O) groups is 3. The number of nitrogens with zero attached hydrogens (tertiary/aromatic N) is 1. The van der Waals surface area contributed by atoms with E-state index in [0.29, 0.717) is 42.8 Å². The van der Waals surface area contributed by atoms with Gasteiger partial charge in [0.05, 0.1) is 5.41 Å². The molecule has 1 atom stereocenters. The molecule has 1 aliphatic heterocycles. The minimum Gasteiger partial charge on any atom is -0.481 e. The van der Waals surface area contributed by atoms with Crippen LogP contribution in [0, 0.1) is 12.3 Å². The van der Waals surface area contributed by atoms with Crippen LogP contribution in [0.4, 0.5) is 0 Å². The van der Waals surface area contributed by atoms with Gasteiger partial charge in [-0.3, -0.25) is 14.4 Å². The first-order valence-electron chi connectivity index (χ1n) is 7.96. The van der Waals surface area contributed by atoms with Gasteiger partial charge < -0.3 is 15.0 Å². The molecule has 1 amide bonds. The first kappa shape index (κ1) is 17.2. The standard InChI is InChI=1S/C17H24N2O4/c1-5-12-13(11(3)20)10(2)18-14(12)15(21)19-8-6-7-17(4,9-19)16(22)23/h18H,5-9H2,1-4H3,(H,22,23). The van der Waals surface area contributed by atoms with Crippen LogP contribution in [0.2, 0.25) is 0 Å². The predicted octanol–water partition coefficient (Wildman–Crippen LogP) is 2.42. The average Bonchev–Trinajstić information content (AvgIpc) is 2.83. The monoisotopic (exact) mass is 320 g/mol. The van der Waals surface area contributed by atoms with E-state index in [0.717, 1.165) is 5.56 Å². The molecular formula is C17H24N2O4. The summed E-state index contributed by atoms with van der Waals surface area (Å²) in [5, 5.41) is 9.40. The molecule has 2 rings (SSSR count). The zero-order chi connectivity index (χ0) is 17.4. The number of aromatic amines is 1. The van der Waals surface area contributed by atoms with Gasteiger partial charge in [-0.15, -0.1) is 0 Å². The van der Waals surface area contributed by atoms with Crippen LogP contribution in [0.25, 0.3) is 0 Å². The van der Waals surface area contributed by atoms with Gasteiger partial charge >= 0.3 is 5.97 Å². The number of nitrogens with one attached hydrogen (secondary N) is 1. The number of ketones is 1. The molecular weight excluding hydrogens is 296 g/mol. The Morgan fingerprint density at radius 2 is 2.00 bits per heavy atom. The fraction of sp³-hybridized carbons (Fsp3) is 0.588. The third kappa shape index (κ3) is 3.02. The Morgan fingerprint density at radius 1 is 1.35 bits per heavy atom. The molecule has 126 valence electrons. The van der Waals surface area contributed by atoms with E-state index in [1.165, 1.54) is 6.92 Å². The van der Waals surface area contributed by atoms with E-state index in [1.54, 1.807) is 18.7 Å². The first-order valence-corrected chi connectivity index (χ1v) is 7.96. The molecule has 1 unspecified atom stereocenters. The zero-order valence-electron chi connectivity index (χ0n) is 14.2. The van der Waals surface area contributed by atoms with E-state index in [9.17, 15) is 19.5 Å². The number of hydrogen-bond acceptors (Lipinski definition) is 3. The number of aliphatic carboxylic acids is 1. The van der Waals surface area contributed by atoms with Crippen molar-refractivity contribution in [3.8, 4) is 0 Å². The molecule has 0 radical (unpaired) electrons. The maximum absolute atomic E-state index is 12.9. The van der Waals surface area contributed by atoms with Gasteiger partial charge in [-0.25, -0.2) is 0 Å². The van der Waals surface area contributed by atoms with Crippen LogP contribution < -0.4 is 0 Å². The third-order valence-corrected chi connectivity index (χ3v) is 4.71. The number of Topliss-reactive ketones (excluding diaryl/α,β-unsaturated/α-hetero) is 1. The van der Waals surface area contributed by atoms with E-state index >= 15 is 0 Å². The number of likely N-dealkylation sites (tertiary alicyclic amines) is 1. The van der Waals surface area contributed by atoms with Crippen LogP contribution in [0.5, 0.6) is 0 Å². The molecule has 1 aromatic heterocycles. The highest BCUT2D eigenvalue weighted by Crippen LogP contribution is 2.31. The minimum absolute atomic E-state index is 0.0660. The molecule has 2 N–H and O–H groups in total. The molecule has 1 saturated heterocycles. The lowest BCUT2D eigenvalue weighted by Crippen LogP contribution is -2.48. The molecule has 0 saturated carbocycles. The number of carbonyl (C=O) groups excluding carboxylic acids is 2. The van der Waals surface area contributed by atoms with Crippen molar-refractivity contribution in [2.45, 2.75) is 47.0 Å². The number of rotatable bonds is 4. The van der Waals surface area contributed by atoms with Gasteiger partial charge in [0.2, 0.25) is 0 Å². The van der Waals surface area contributed by atoms with Gasteiger partial charge in [0.25, 0.3) is 5.91 Å². The van der Waals surface area contributed by atoms with Crippen molar-refractivity contribution in [2.75, 3.05) is 13.1 Å². The number of aromatic nitrogens is 1. The van der Waals surface area contributed by atoms with Gasteiger partial charge in [-0.05, 0) is 45.6 Å². The SMILES string of the molecule is CCc1c(C(=O)N2CCCC(C)(C(=O)O)C2)[nH]c(C)c1C(C)=O. The number of carboxylic acid groups (broad SMARTS) is 1. The van der Waals surface area contributed by atoms with Crippen molar-refractivity contribution in [1.29, 1.82) is 0 Å². The lowest BCUT2D eigenvalue weighted by atomic mass is 9.82. The van der Waals surface area contributed by atoms with Gasteiger partial charge in [-0.1, -0.05) is 6.92 Å². The Balaban J connectivity index is 2.36. The second-order valence-corrected chi connectivity index (χ2v) is 6.58. The van der Waals surface area contributed by atoms with Gasteiger partial charge in [0, 0.05) is 24.3 Å². The molecule has 1 fully saturated rings. The molecule has 0 aromatic carbocycles. The molecule has 2 heterocycles. The Morgan fingerprint density at radius 3 is 2.52 bits per heavy atom. The van der Waals surface area contributed by atoms with Crippen molar-refractivity contribution >= 4 is 17.7 Å². The molecule has 6 nitrogen and oxygen atoms in total. The van der Waals surface area contributed by atoms with E-state index in [1.807, 2.05) is 6.92 Å². The normalized spacial score (nSPS) is 21.3. The van der Waals surface area contributed by atoms with Gasteiger partial charge in [-0.2, -0.15) is 0 Å². The number of piperidine rings is 1. The van der Waals surface area contributed by atoms with Crippen LogP contribution in [0.15, 0.2) is 0 Å². The summed E-state index contributed by atoms with van der Waals surface area (Å²) >= 11 is 0. The van der Waals surface area contributed by atoms with Crippen molar-refractivity contribution in [3.05, 3.63) is 22.5 Å². The number of carboxylic acids is 1. The molecule has 0 spiro atoms. The first-order chi connectivity index (χ1) is 10.7. The second kappa shape index (κ2) is 6.18. The fourth-order valence-electron chi connectivity index (χ4n) is 3.43. The number of amides is 1. The molecule has 6 heteroatoms. The van der Waals surface area contributed by atoms with Crippen LogP contribution in [-0.4, -0.2) is 45.7 Å². The highest BCUT2D eigenvalue weighted by molar-refractivity contribution is 6.02. The molecule has 23 heavy (non-hydrogen) atoms. The van der Waals surface area contributed by atoms with Crippen LogP contribution in [0.1, 0.15) is 65.7 Å². The summed E-state index contributed by atoms with van der Waals surface area (Å²) in [6.07, 6.45) is 1.80. The molecule has 1 aromatic rings. The van der Waals surface area contributed by atoms with Gasteiger partial charge in [0.15, 0.2) is 5.78 Å². The fourth-order valence-corrected chi connectivity index (χ4v) is 3.43. The van der Waals surface area contributed by atoms with Crippen molar-refractivity contribution in [1.82, 2.24) is 9.88 Å². The highest BCUT2D eigenvalue weighted by atomic mass is 16.4. The highest BCUT2D eigenvalue weighted by Gasteiger charge is 2.40. The second-order valence-electron chi connectivity index (χ2n) is 6.58. The van der Waals surface area contributed by atoms with Crippen molar-refractivity contribution in [3.63, 3.8) is 0 Å². The topological polar surface area (TPSA) is 90.5 Å². The maximum Gasteiger partial charge on any atom is 0.311 e. The Hall–Kier alpha value is -2.11. The van der Waals surface area contributed by atoms with E-state index < -0.39 is 11.4 Å². The quantitative estimate of drug-likeness (QED) is 0.834. The summed E-state index contributed by atoms with van der Waals surface area (Å²) in [6.45, 7) is 7.59. The maximum atomic E-state index is 12.9. The Labute approximate surface area is 135 Å². The molecule has 1 aliphatic rings. The summed E-state index contributed by atoms with van der Waals surface area (Å²) in [7, 11) is 0. The number of H-pyrrole nitrogens is 1. The summed E-state index contributed by atoms with van der Waals surface area (Å²) < 4.78 is 0. The van der Waals surface area contributed by atoms with Crippen LogP contribution >= 0.6 is 0 Å². The van der Waals surface area contributed by atoms with Crippen LogP contribution in [0.3, 0.4) is 0 Å². The van der Waals surface area contributed by atoms with Crippen molar-refractivity contribution < 1.29 is 19.5 Å². The molecule has 0 bridgehead atoms. The largest absolute Gasteiger partial charge is 0.481 e. The lowest BCUT2D eigenvalue weighted by molar-refractivity contribution is -0.150. The summed E-state index contributed by atoms with van der Waals surface area (Å²) in [5.74, 6) is -1.16.